The summed E-state index contributed by atoms with van der Waals surface area (Å²) in [5.74, 6) is 0. The van der Waals surface area contributed by atoms with Crippen molar-refractivity contribution in [1.82, 2.24) is 0 Å². The van der Waals surface area contributed by atoms with Crippen LogP contribution in [0.25, 0.3) is 48.1 Å². The molecule has 0 amide bonds. The Bertz CT molecular complexity index is 2440. The Morgan fingerprint density at radius 3 is 1.79 bits per heavy atom. The quantitative estimate of drug-likeness (QED) is 0.217. The second-order valence-electron chi connectivity index (χ2n) is 10.4. The zero-order valence-corrected chi connectivity index (χ0v) is 24.5. The predicted molar refractivity (Wildman–Crippen MR) is 167 cm³/mol. The number of allylic oxidation sites excluding steroid dienone is 7. The summed E-state index contributed by atoms with van der Waals surface area (Å²) in [6.45, 7) is 27.4. The topological polar surface area (TPSA) is 132 Å². The fourth-order valence-corrected chi connectivity index (χ4v) is 6.13. The molecule has 0 saturated carbocycles. The molecule has 0 heterocycles. The third-order valence-corrected chi connectivity index (χ3v) is 7.79. The zero-order valence-electron chi connectivity index (χ0n) is 24.5. The minimum absolute atomic E-state index is 0.00455. The highest BCUT2D eigenvalue weighted by Crippen LogP contribution is 2.56. The molecule has 3 aromatic carbocycles. The van der Waals surface area contributed by atoms with E-state index >= 15 is 0 Å². The van der Waals surface area contributed by atoms with Gasteiger partial charge in [-0.3, -0.25) is 0 Å². The van der Waals surface area contributed by atoms with Gasteiger partial charge in [0.05, 0.1) is 60.7 Å². The number of hydrogen-bond acceptors (Lipinski definition) is 5. The Balaban J connectivity index is 2.02. The summed E-state index contributed by atoms with van der Waals surface area (Å²) in [6.07, 6.45) is -2.97. The number of hydrogen-bond donors (Lipinski definition) is 0. The molecular weight excluding hydrogens is 594 g/mol. The lowest BCUT2D eigenvalue weighted by Gasteiger charge is -2.14. The van der Waals surface area contributed by atoms with E-state index in [-0.39, 0.29) is 78.2 Å². The maximum Gasteiger partial charge on any atom is 0.270 e. The summed E-state index contributed by atoms with van der Waals surface area (Å²) < 4.78 is 27.3. The summed E-state index contributed by atoms with van der Waals surface area (Å²) in [6, 6.07) is 19.8. The second-order valence-corrected chi connectivity index (χ2v) is 10.4. The molecule has 216 valence electrons. The fourth-order valence-electron chi connectivity index (χ4n) is 6.13. The monoisotopic (exact) mass is 608 g/mol. The van der Waals surface area contributed by atoms with E-state index in [0.717, 1.165) is 23.3 Å². The van der Waals surface area contributed by atoms with Crippen LogP contribution in [0, 0.1) is 90.2 Å². The van der Waals surface area contributed by atoms with Gasteiger partial charge < -0.3 is 0 Å². The van der Waals surface area contributed by atoms with E-state index in [1.54, 1.807) is 18.2 Å². The van der Waals surface area contributed by atoms with Gasteiger partial charge in [0.2, 0.25) is 5.70 Å². The number of alkyl halides is 2. The molecule has 47 heavy (non-hydrogen) atoms. The number of rotatable bonds is 3. The van der Waals surface area contributed by atoms with Crippen molar-refractivity contribution in [2.45, 2.75) is 20.3 Å². The van der Waals surface area contributed by atoms with Gasteiger partial charge in [-0.15, -0.1) is 0 Å². The van der Waals surface area contributed by atoms with E-state index in [4.69, 9.17) is 19.7 Å². The van der Waals surface area contributed by atoms with Crippen LogP contribution in [0.3, 0.4) is 0 Å². The van der Waals surface area contributed by atoms with Crippen LogP contribution in [0.1, 0.15) is 67.6 Å². The Morgan fingerprint density at radius 1 is 0.702 bits per heavy atom. The number of fused-ring (bicyclic) bond motifs is 2. The standard InChI is InChI=1S/C37H14F2N8/c1-18-8-19(2)10-21(9-18)31-35(29(17-44)46-4)25-12-24-32(27(15-42)33(25)36(31)47-5)26(14-41)30(34(24)28(16-43)45-3)20-6-7-23(37(38)39)22(11-20)13-40/h6-12,37H,1-2H3/b34-28+,35-29-. The van der Waals surface area contributed by atoms with Crippen LogP contribution in [-0.4, -0.2) is 0 Å². The van der Waals surface area contributed by atoms with Crippen molar-refractivity contribution in [3.63, 3.8) is 0 Å². The molecule has 0 fully saturated rings. The highest BCUT2D eigenvalue weighted by atomic mass is 19.3. The Hall–Kier alpha value is -7.60. The third kappa shape index (κ3) is 4.58. The van der Waals surface area contributed by atoms with Gasteiger partial charge in [0.15, 0.2) is 0 Å². The zero-order chi connectivity index (χ0) is 34.2. The number of aryl methyl sites for hydroxylation is 2. The minimum atomic E-state index is -2.97. The van der Waals surface area contributed by atoms with Crippen molar-refractivity contribution in [3.05, 3.63) is 149 Å². The first-order valence-electron chi connectivity index (χ1n) is 13.5. The molecule has 0 saturated heterocycles. The van der Waals surface area contributed by atoms with Crippen LogP contribution in [0.15, 0.2) is 53.9 Å². The van der Waals surface area contributed by atoms with Crippen molar-refractivity contribution in [2.24, 2.45) is 0 Å². The molecule has 0 radical (unpaired) electrons. The van der Waals surface area contributed by atoms with E-state index in [9.17, 15) is 35.1 Å². The highest BCUT2D eigenvalue weighted by Gasteiger charge is 2.40. The normalized spacial score (nSPS) is 14.7. The van der Waals surface area contributed by atoms with Gasteiger partial charge >= 0.3 is 0 Å². The van der Waals surface area contributed by atoms with Gasteiger partial charge in [0.1, 0.15) is 6.07 Å². The summed E-state index contributed by atoms with van der Waals surface area (Å²) in [4.78, 5) is 10.5. The number of nitrogens with zero attached hydrogens (tertiary/aromatic N) is 8. The highest BCUT2D eigenvalue weighted by molar-refractivity contribution is 6.30. The molecule has 8 nitrogen and oxygen atoms in total. The van der Waals surface area contributed by atoms with Gasteiger partial charge in [-0.05, 0) is 65.0 Å². The van der Waals surface area contributed by atoms with Crippen LogP contribution in [0.4, 0.5) is 8.78 Å². The maximum atomic E-state index is 13.6. The summed E-state index contributed by atoms with van der Waals surface area (Å²) >= 11 is 0. The molecule has 0 aliphatic heterocycles. The average Bonchev–Trinajstić information content (AvgIpc) is 3.57. The van der Waals surface area contributed by atoms with E-state index in [1.165, 1.54) is 12.1 Å². The molecule has 0 atom stereocenters. The molecular formula is C37H14F2N8. The van der Waals surface area contributed by atoms with Crippen molar-refractivity contribution < 1.29 is 8.78 Å². The van der Waals surface area contributed by atoms with E-state index in [2.05, 4.69) is 20.6 Å². The molecule has 5 rings (SSSR count). The van der Waals surface area contributed by atoms with Crippen LogP contribution < -0.4 is 0 Å². The molecule has 3 aromatic rings. The Kier molecular flexibility index (Phi) is 7.76. The van der Waals surface area contributed by atoms with Gasteiger partial charge in [0, 0.05) is 22.3 Å². The van der Waals surface area contributed by atoms with Gasteiger partial charge in [-0.25, -0.2) is 33.8 Å². The fraction of sp³-hybridized carbons (Fsp3) is 0.0811. The molecule has 0 aromatic heterocycles. The summed E-state index contributed by atoms with van der Waals surface area (Å²) in [5.41, 5.74) is 0.567. The molecule has 0 unspecified atom stereocenters. The molecule has 0 spiro atoms. The van der Waals surface area contributed by atoms with Crippen LogP contribution >= 0.6 is 0 Å². The first-order chi connectivity index (χ1) is 22.6. The van der Waals surface area contributed by atoms with Crippen molar-refractivity contribution >= 4 is 33.6 Å². The first kappa shape index (κ1) is 30.8. The Morgan fingerprint density at radius 2 is 1.30 bits per heavy atom. The lowest BCUT2D eigenvalue weighted by Crippen LogP contribution is -1.99. The first-order valence-corrected chi connectivity index (χ1v) is 13.5. The number of halogens is 2. The van der Waals surface area contributed by atoms with Gasteiger partial charge in [-0.1, -0.05) is 41.5 Å². The number of benzene rings is 3. The van der Waals surface area contributed by atoms with Crippen LogP contribution in [0.5, 0.6) is 0 Å². The van der Waals surface area contributed by atoms with E-state index in [0.29, 0.717) is 5.56 Å². The molecule has 10 heteroatoms. The SMILES string of the molecule is [C-]#[N+]C1=C(c2cc(C)cc(C)c2)/C(=C(/C#N)[N+]#[C-])c2cc3c(c(C#N)c21)C(C#N)=C(c1ccc(C(F)F)c(C#N)c1)/C3=C(\C#N)[N+]#[C-]. The minimum Gasteiger partial charge on any atom is -0.237 e. The van der Waals surface area contributed by atoms with Crippen molar-refractivity contribution in [2.75, 3.05) is 0 Å². The average molecular weight is 609 g/mol. The van der Waals surface area contributed by atoms with Crippen molar-refractivity contribution in [3.8, 4) is 30.3 Å². The van der Waals surface area contributed by atoms with Gasteiger partial charge in [0.25, 0.3) is 17.8 Å². The molecule has 0 N–H and O–H groups in total. The molecule has 2 aliphatic rings. The van der Waals surface area contributed by atoms with E-state index in [1.807, 2.05) is 38.1 Å². The van der Waals surface area contributed by atoms with Crippen LogP contribution in [0.2, 0.25) is 0 Å². The third-order valence-electron chi connectivity index (χ3n) is 7.79. The van der Waals surface area contributed by atoms with Gasteiger partial charge in [-0.2, -0.15) is 15.8 Å². The lowest BCUT2D eigenvalue weighted by molar-refractivity contribution is 0.151. The maximum absolute atomic E-state index is 13.6. The summed E-state index contributed by atoms with van der Waals surface area (Å²) in [7, 11) is 0. The Labute approximate surface area is 268 Å². The number of nitriles is 5. The molecule has 2 aliphatic carbocycles. The largest absolute Gasteiger partial charge is 0.270 e. The van der Waals surface area contributed by atoms with Crippen LogP contribution in [-0.2, 0) is 0 Å². The summed E-state index contributed by atoms with van der Waals surface area (Å²) in [5, 5.41) is 50.8. The predicted octanol–water partition coefficient (Wildman–Crippen LogP) is 8.54. The van der Waals surface area contributed by atoms with Crippen molar-refractivity contribution in [1.29, 1.82) is 26.3 Å². The molecule has 0 bridgehead atoms. The second kappa shape index (κ2) is 11.8. The smallest absolute Gasteiger partial charge is 0.237 e. The lowest BCUT2D eigenvalue weighted by atomic mass is 9.88. The van der Waals surface area contributed by atoms with E-state index < -0.39 is 17.7 Å².